The van der Waals surface area contributed by atoms with Crippen molar-refractivity contribution in [2.75, 3.05) is 26.3 Å². The van der Waals surface area contributed by atoms with Crippen LogP contribution in [0.25, 0.3) is 0 Å². The SMILES string of the molecule is FCC1CCN(N(CCc2ccccc2)Cc2ccccc2)C1. The van der Waals surface area contributed by atoms with Gasteiger partial charge in [0.25, 0.3) is 0 Å². The van der Waals surface area contributed by atoms with Gasteiger partial charge >= 0.3 is 0 Å². The molecule has 2 aromatic carbocycles. The molecule has 0 aromatic heterocycles. The van der Waals surface area contributed by atoms with Crippen LogP contribution in [0.15, 0.2) is 60.7 Å². The summed E-state index contributed by atoms with van der Waals surface area (Å²) in [6.45, 7) is 3.48. The maximum Gasteiger partial charge on any atom is 0.0935 e. The fourth-order valence-corrected chi connectivity index (χ4v) is 3.21. The minimum atomic E-state index is -0.200. The molecule has 1 aliphatic heterocycles. The van der Waals surface area contributed by atoms with Crippen molar-refractivity contribution >= 4 is 0 Å². The molecule has 2 nitrogen and oxygen atoms in total. The van der Waals surface area contributed by atoms with Crippen molar-refractivity contribution in [2.45, 2.75) is 19.4 Å². The first-order chi connectivity index (χ1) is 11.3. The second-order valence-corrected chi connectivity index (χ2v) is 6.33. The van der Waals surface area contributed by atoms with Gasteiger partial charge in [-0.05, 0) is 24.0 Å². The maximum atomic E-state index is 13.0. The topological polar surface area (TPSA) is 6.48 Å². The van der Waals surface area contributed by atoms with Gasteiger partial charge in [0, 0.05) is 32.1 Å². The van der Waals surface area contributed by atoms with Crippen LogP contribution in [0.1, 0.15) is 17.5 Å². The number of halogens is 1. The average Bonchev–Trinajstić information content (AvgIpc) is 3.09. The molecule has 1 saturated heterocycles. The molecule has 3 heteroatoms. The fraction of sp³-hybridized carbons (Fsp3) is 0.400. The van der Waals surface area contributed by atoms with Gasteiger partial charge in [-0.3, -0.25) is 4.39 Å². The number of hydrogen-bond donors (Lipinski definition) is 0. The smallest absolute Gasteiger partial charge is 0.0935 e. The highest BCUT2D eigenvalue weighted by atomic mass is 19.1. The molecule has 0 bridgehead atoms. The summed E-state index contributed by atoms with van der Waals surface area (Å²) >= 11 is 0. The highest BCUT2D eigenvalue weighted by molar-refractivity contribution is 5.16. The molecule has 23 heavy (non-hydrogen) atoms. The van der Waals surface area contributed by atoms with Gasteiger partial charge in [0.2, 0.25) is 0 Å². The largest absolute Gasteiger partial charge is 0.251 e. The molecular weight excluding hydrogens is 287 g/mol. The van der Waals surface area contributed by atoms with Crippen LogP contribution in [0.5, 0.6) is 0 Å². The maximum absolute atomic E-state index is 13.0. The zero-order valence-electron chi connectivity index (χ0n) is 13.6. The lowest BCUT2D eigenvalue weighted by Crippen LogP contribution is -2.42. The zero-order valence-corrected chi connectivity index (χ0v) is 13.6. The molecule has 0 saturated carbocycles. The second kappa shape index (κ2) is 8.23. The molecule has 0 radical (unpaired) electrons. The van der Waals surface area contributed by atoms with Crippen LogP contribution in [-0.2, 0) is 13.0 Å². The minimum Gasteiger partial charge on any atom is -0.251 e. The number of alkyl halides is 1. The lowest BCUT2D eigenvalue weighted by Gasteiger charge is -2.32. The summed E-state index contributed by atoms with van der Waals surface area (Å²) in [4.78, 5) is 0. The molecule has 3 rings (SSSR count). The summed E-state index contributed by atoms with van der Waals surface area (Å²) < 4.78 is 13.0. The van der Waals surface area contributed by atoms with Crippen molar-refractivity contribution in [3.05, 3.63) is 71.8 Å². The van der Waals surface area contributed by atoms with E-state index in [2.05, 4.69) is 64.6 Å². The molecule has 0 aliphatic carbocycles. The van der Waals surface area contributed by atoms with Crippen molar-refractivity contribution in [2.24, 2.45) is 5.92 Å². The van der Waals surface area contributed by atoms with E-state index in [0.717, 1.165) is 39.0 Å². The lowest BCUT2D eigenvalue weighted by atomic mass is 10.1. The standard InChI is InChI=1S/C20H25FN2/c21-15-20-12-14-23(17-20)22(16-19-9-5-2-6-10-19)13-11-18-7-3-1-4-8-18/h1-10,20H,11-17H2. The summed E-state index contributed by atoms with van der Waals surface area (Å²) in [5.74, 6) is 0.199. The predicted molar refractivity (Wildman–Crippen MR) is 92.7 cm³/mol. The van der Waals surface area contributed by atoms with Gasteiger partial charge in [-0.2, -0.15) is 0 Å². The number of hydrogen-bond acceptors (Lipinski definition) is 2. The Morgan fingerprint density at radius 3 is 2.22 bits per heavy atom. The molecule has 0 N–H and O–H groups in total. The number of hydrazine groups is 1. The number of benzene rings is 2. The molecule has 0 spiro atoms. The van der Waals surface area contributed by atoms with Gasteiger partial charge in [-0.25, -0.2) is 10.0 Å². The summed E-state index contributed by atoms with van der Waals surface area (Å²) in [7, 11) is 0. The summed E-state index contributed by atoms with van der Waals surface area (Å²) in [6.07, 6.45) is 1.98. The van der Waals surface area contributed by atoms with E-state index in [9.17, 15) is 4.39 Å². The first-order valence-electron chi connectivity index (χ1n) is 8.49. The van der Waals surface area contributed by atoms with Gasteiger partial charge in [-0.1, -0.05) is 60.7 Å². The van der Waals surface area contributed by atoms with E-state index < -0.39 is 0 Å². The zero-order chi connectivity index (χ0) is 15.9. The fourth-order valence-electron chi connectivity index (χ4n) is 3.21. The van der Waals surface area contributed by atoms with Crippen LogP contribution in [0.2, 0.25) is 0 Å². The molecule has 2 aromatic rings. The molecule has 122 valence electrons. The number of nitrogens with zero attached hydrogens (tertiary/aromatic N) is 2. The average molecular weight is 312 g/mol. The molecule has 1 aliphatic rings. The molecule has 1 unspecified atom stereocenters. The highest BCUT2D eigenvalue weighted by Crippen LogP contribution is 2.20. The first-order valence-corrected chi connectivity index (χ1v) is 8.49. The lowest BCUT2D eigenvalue weighted by molar-refractivity contribution is -0.0148. The van der Waals surface area contributed by atoms with Crippen LogP contribution in [0.3, 0.4) is 0 Å². The van der Waals surface area contributed by atoms with Gasteiger partial charge in [-0.15, -0.1) is 0 Å². The van der Waals surface area contributed by atoms with Crippen LogP contribution >= 0.6 is 0 Å². The van der Waals surface area contributed by atoms with Crippen molar-refractivity contribution in [1.29, 1.82) is 0 Å². The monoisotopic (exact) mass is 312 g/mol. The Labute approximate surface area is 138 Å². The van der Waals surface area contributed by atoms with Gasteiger partial charge in [0.15, 0.2) is 0 Å². The Balaban J connectivity index is 1.65. The molecule has 1 heterocycles. The third-order valence-corrected chi connectivity index (χ3v) is 4.59. The van der Waals surface area contributed by atoms with E-state index in [1.54, 1.807) is 0 Å². The Kier molecular flexibility index (Phi) is 5.78. The van der Waals surface area contributed by atoms with Crippen LogP contribution < -0.4 is 0 Å². The summed E-state index contributed by atoms with van der Waals surface area (Å²) in [5.41, 5.74) is 2.66. The van der Waals surface area contributed by atoms with Crippen LogP contribution in [-0.4, -0.2) is 36.3 Å². The van der Waals surface area contributed by atoms with E-state index in [1.165, 1.54) is 11.1 Å². The van der Waals surface area contributed by atoms with Crippen LogP contribution in [0, 0.1) is 5.92 Å². The second-order valence-electron chi connectivity index (χ2n) is 6.33. The van der Waals surface area contributed by atoms with Gasteiger partial charge in [0.05, 0.1) is 6.67 Å². The van der Waals surface area contributed by atoms with E-state index >= 15 is 0 Å². The van der Waals surface area contributed by atoms with Gasteiger partial charge in [0.1, 0.15) is 0 Å². The van der Waals surface area contributed by atoms with Crippen molar-refractivity contribution < 1.29 is 4.39 Å². The quantitative estimate of drug-likeness (QED) is 0.764. The Morgan fingerprint density at radius 2 is 1.61 bits per heavy atom. The molecule has 0 amide bonds. The Morgan fingerprint density at radius 1 is 0.957 bits per heavy atom. The normalized spacial score (nSPS) is 18.6. The highest BCUT2D eigenvalue weighted by Gasteiger charge is 2.26. The van der Waals surface area contributed by atoms with Crippen molar-refractivity contribution in [3.63, 3.8) is 0 Å². The Bertz CT molecular complexity index is 573. The Hall–Kier alpha value is -1.71. The van der Waals surface area contributed by atoms with E-state index in [-0.39, 0.29) is 12.6 Å². The van der Waals surface area contributed by atoms with E-state index in [4.69, 9.17) is 0 Å². The predicted octanol–water partition coefficient (Wildman–Crippen LogP) is 3.94. The van der Waals surface area contributed by atoms with Crippen molar-refractivity contribution in [1.82, 2.24) is 10.0 Å². The third-order valence-electron chi connectivity index (χ3n) is 4.59. The first kappa shape index (κ1) is 16.2. The van der Waals surface area contributed by atoms with Crippen LogP contribution in [0.4, 0.5) is 4.39 Å². The summed E-state index contributed by atoms with van der Waals surface area (Å²) in [6, 6.07) is 21.1. The molecule has 1 fully saturated rings. The molecule has 1 atom stereocenters. The van der Waals surface area contributed by atoms with Crippen molar-refractivity contribution in [3.8, 4) is 0 Å². The molecular formula is C20H25FN2. The summed E-state index contributed by atoms with van der Waals surface area (Å²) in [5, 5.41) is 4.75. The third kappa shape index (κ3) is 4.63. The van der Waals surface area contributed by atoms with E-state index in [1.807, 2.05) is 6.07 Å². The minimum absolute atomic E-state index is 0.199. The van der Waals surface area contributed by atoms with Gasteiger partial charge < -0.3 is 0 Å². The number of rotatable bonds is 7. The van der Waals surface area contributed by atoms with E-state index in [0.29, 0.717) is 0 Å².